The van der Waals surface area contributed by atoms with Crippen molar-refractivity contribution in [3.63, 3.8) is 0 Å². The number of nitrogens with zero attached hydrogens (tertiary/aromatic N) is 2. The molecule has 1 N–H and O–H groups in total. The van der Waals surface area contributed by atoms with Crippen LogP contribution in [0, 0.1) is 5.92 Å². The Kier molecular flexibility index (Phi) is 4.93. The SMILES string of the molecule is CC(CO)CSCCn1ccnc1. The summed E-state index contributed by atoms with van der Waals surface area (Å²) in [5.74, 6) is 2.53. The molecule has 0 aromatic carbocycles. The Morgan fingerprint density at radius 2 is 2.46 bits per heavy atom. The van der Waals surface area contributed by atoms with Crippen LogP contribution in [0.3, 0.4) is 0 Å². The van der Waals surface area contributed by atoms with Gasteiger partial charge in [-0.2, -0.15) is 11.8 Å². The minimum Gasteiger partial charge on any atom is -0.396 e. The average Bonchev–Trinajstić information content (AvgIpc) is 2.64. The molecule has 0 saturated carbocycles. The van der Waals surface area contributed by atoms with Crippen molar-refractivity contribution in [1.29, 1.82) is 0 Å². The predicted molar refractivity (Wildman–Crippen MR) is 55.8 cm³/mol. The molecule has 0 spiro atoms. The van der Waals surface area contributed by atoms with Crippen LogP contribution in [0.4, 0.5) is 0 Å². The lowest BCUT2D eigenvalue weighted by Crippen LogP contribution is -2.05. The molecule has 1 heterocycles. The molecule has 0 bridgehead atoms. The van der Waals surface area contributed by atoms with E-state index in [-0.39, 0.29) is 6.61 Å². The van der Waals surface area contributed by atoms with E-state index in [1.807, 2.05) is 24.3 Å². The first kappa shape index (κ1) is 10.6. The Morgan fingerprint density at radius 3 is 3.08 bits per heavy atom. The fraction of sp³-hybridized carbons (Fsp3) is 0.667. The summed E-state index contributed by atoms with van der Waals surface area (Å²) < 4.78 is 2.07. The molecular formula is C9H16N2OS. The lowest BCUT2D eigenvalue weighted by molar-refractivity contribution is 0.250. The average molecular weight is 200 g/mol. The lowest BCUT2D eigenvalue weighted by Gasteiger charge is -2.06. The zero-order valence-corrected chi connectivity index (χ0v) is 8.70. The van der Waals surface area contributed by atoms with E-state index in [2.05, 4.69) is 16.5 Å². The van der Waals surface area contributed by atoms with Gasteiger partial charge in [-0.1, -0.05) is 6.92 Å². The summed E-state index contributed by atoms with van der Waals surface area (Å²) in [5.41, 5.74) is 0. The highest BCUT2D eigenvalue weighted by atomic mass is 32.2. The van der Waals surface area contributed by atoms with Crippen molar-refractivity contribution in [1.82, 2.24) is 9.55 Å². The summed E-state index contributed by atoms with van der Waals surface area (Å²) >= 11 is 1.88. The fourth-order valence-corrected chi connectivity index (χ4v) is 1.94. The zero-order chi connectivity index (χ0) is 9.52. The highest BCUT2D eigenvalue weighted by Crippen LogP contribution is 2.07. The molecule has 74 valence electrons. The smallest absolute Gasteiger partial charge is 0.0946 e. The molecule has 1 aromatic heterocycles. The third-order valence-electron chi connectivity index (χ3n) is 1.77. The van der Waals surface area contributed by atoms with Gasteiger partial charge in [-0.15, -0.1) is 0 Å². The molecule has 0 aliphatic heterocycles. The van der Waals surface area contributed by atoms with Gasteiger partial charge in [-0.05, 0) is 11.7 Å². The second kappa shape index (κ2) is 6.05. The van der Waals surface area contributed by atoms with E-state index in [4.69, 9.17) is 5.11 Å². The van der Waals surface area contributed by atoms with Crippen LogP contribution in [0.25, 0.3) is 0 Å². The lowest BCUT2D eigenvalue weighted by atomic mass is 10.2. The maximum absolute atomic E-state index is 8.79. The molecule has 0 fully saturated rings. The maximum atomic E-state index is 8.79. The molecule has 1 aromatic rings. The van der Waals surface area contributed by atoms with Gasteiger partial charge in [-0.25, -0.2) is 4.98 Å². The second-order valence-electron chi connectivity index (χ2n) is 3.16. The van der Waals surface area contributed by atoms with Crippen molar-refractivity contribution in [2.24, 2.45) is 5.92 Å². The second-order valence-corrected chi connectivity index (χ2v) is 4.31. The topological polar surface area (TPSA) is 38.0 Å². The Bertz CT molecular complexity index is 213. The summed E-state index contributed by atoms with van der Waals surface area (Å²) in [7, 11) is 0. The van der Waals surface area contributed by atoms with Crippen molar-refractivity contribution in [3.8, 4) is 0 Å². The fourth-order valence-electron chi connectivity index (χ4n) is 0.926. The first-order valence-corrected chi connectivity index (χ1v) is 5.62. The van der Waals surface area contributed by atoms with Gasteiger partial charge in [0, 0.05) is 31.3 Å². The molecular weight excluding hydrogens is 184 g/mol. The standard InChI is InChI=1S/C9H16N2OS/c1-9(6-12)7-13-5-4-11-3-2-10-8-11/h2-3,8-9,12H,4-7H2,1H3. The first-order chi connectivity index (χ1) is 6.33. The Balaban J connectivity index is 2.02. The number of aromatic nitrogens is 2. The monoisotopic (exact) mass is 200 g/mol. The van der Waals surface area contributed by atoms with Crippen LogP contribution in [0.1, 0.15) is 6.92 Å². The van der Waals surface area contributed by atoms with Crippen molar-refractivity contribution in [2.45, 2.75) is 13.5 Å². The summed E-state index contributed by atoms with van der Waals surface area (Å²) in [4.78, 5) is 3.97. The molecule has 0 radical (unpaired) electrons. The van der Waals surface area contributed by atoms with E-state index in [0.717, 1.165) is 18.1 Å². The number of aliphatic hydroxyl groups is 1. The quantitative estimate of drug-likeness (QED) is 0.702. The normalized spacial score (nSPS) is 13.1. The predicted octanol–water partition coefficient (Wildman–Crippen LogP) is 1.24. The third kappa shape index (κ3) is 4.33. The number of aryl methyl sites for hydroxylation is 1. The van der Waals surface area contributed by atoms with Crippen molar-refractivity contribution in [3.05, 3.63) is 18.7 Å². The van der Waals surface area contributed by atoms with Crippen LogP contribution in [-0.2, 0) is 6.54 Å². The van der Waals surface area contributed by atoms with E-state index in [9.17, 15) is 0 Å². The van der Waals surface area contributed by atoms with E-state index in [0.29, 0.717) is 5.92 Å². The van der Waals surface area contributed by atoms with Gasteiger partial charge in [0.2, 0.25) is 0 Å². The van der Waals surface area contributed by atoms with Crippen LogP contribution in [0.15, 0.2) is 18.7 Å². The third-order valence-corrected chi connectivity index (χ3v) is 3.04. The first-order valence-electron chi connectivity index (χ1n) is 4.47. The number of thioether (sulfide) groups is 1. The number of hydrogen-bond acceptors (Lipinski definition) is 3. The van der Waals surface area contributed by atoms with Crippen LogP contribution < -0.4 is 0 Å². The van der Waals surface area contributed by atoms with Crippen LogP contribution in [0.2, 0.25) is 0 Å². The zero-order valence-electron chi connectivity index (χ0n) is 7.89. The minimum atomic E-state index is 0.290. The van der Waals surface area contributed by atoms with E-state index in [1.165, 1.54) is 0 Å². The van der Waals surface area contributed by atoms with E-state index in [1.54, 1.807) is 6.20 Å². The van der Waals surface area contributed by atoms with Gasteiger partial charge < -0.3 is 9.67 Å². The number of hydrogen-bond donors (Lipinski definition) is 1. The molecule has 1 unspecified atom stereocenters. The maximum Gasteiger partial charge on any atom is 0.0946 e. The summed E-state index contributed by atoms with van der Waals surface area (Å²) in [6, 6.07) is 0. The van der Waals surface area contributed by atoms with Crippen LogP contribution in [0.5, 0.6) is 0 Å². The molecule has 0 aliphatic rings. The minimum absolute atomic E-state index is 0.290. The molecule has 1 atom stereocenters. The molecule has 13 heavy (non-hydrogen) atoms. The molecule has 3 nitrogen and oxygen atoms in total. The number of imidazole rings is 1. The number of rotatable bonds is 6. The highest BCUT2D eigenvalue weighted by molar-refractivity contribution is 7.99. The van der Waals surface area contributed by atoms with E-state index >= 15 is 0 Å². The van der Waals surface area contributed by atoms with Crippen molar-refractivity contribution < 1.29 is 5.11 Å². The van der Waals surface area contributed by atoms with Gasteiger partial charge in [0.25, 0.3) is 0 Å². The summed E-state index contributed by atoms with van der Waals surface area (Å²) in [6.45, 7) is 3.35. The van der Waals surface area contributed by atoms with Crippen molar-refractivity contribution in [2.75, 3.05) is 18.1 Å². The van der Waals surface area contributed by atoms with Gasteiger partial charge in [0.05, 0.1) is 6.33 Å². The van der Waals surface area contributed by atoms with Gasteiger partial charge >= 0.3 is 0 Å². The summed E-state index contributed by atoms with van der Waals surface area (Å²) in [6.07, 6.45) is 5.59. The van der Waals surface area contributed by atoms with Crippen LogP contribution >= 0.6 is 11.8 Å². The highest BCUT2D eigenvalue weighted by Gasteiger charge is 1.99. The largest absolute Gasteiger partial charge is 0.396 e. The molecule has 1 rings (SSSR count). The van der Waals surface area contributed by atoms with Crippen LogP contribution in [-0.4, -0.2) is 32.8 Å². The summed E-state index contributed by atoms with van der Waals surface area (Å²) in [5, 5.41) is 8.79. The Morgan fingerprint density at radius 1 is 1.62 bits per heavy atom. The molecule has 0 saturated heterocycles. The number of aliphatic hydroxyl groups excluding tert-OH is 1. The molecule has 0 aliphatic carbocycles. The van der Waals surface area contributed by atoms with Gasteiger partial charge in [0.15, 0.2) is 0 Å². The Labute approximate surface area is 83.2 Å². The van der Waals surface area contributed by atoms with Crippen molar-refractivity contribution >= 4 is 11.8 Å². The van der Waals surface area contributed by atoms with Gasteiger partial charge in [0.1, 0.15) is 0 Å². The molecule has 4 heteroatoms. The van der Waals surface area contributed by atoms with E-state index < -0.39 is 0 Å². The molecule has 0 amide bonds. The Hall–Kier alpha value is -0.480. The van der Waals surface area contributed by atoms with Gasteiger partial charge in [-0.3, -0.25) is 0 Å².